The van der Waals surface area contributed by atoms with Crippen molar-refractivity contribution in [3.05, 3.63) is 82.4 Å². The van der Waals surface area contributed by atoms with Crippen LogP contribution < -0.4 is 14.8 Å². The Labute approximate surface area is 180 Å². The van der Waals surface area contributed by atoms with Crippen molar-refractivity contribution in [3.63, 3.8) is 0 Å². The van der Waals surface area contributed by atoms with Gasteiger partial charge in [0.25, 0.3) is 15.9 Å². The van der Waals surface area contributed by atoms with Gasteiger partial charge in [0.15, 0.2) is 0 Å². The molecule has 0 unspecified atom stereocenters. The molecule has 0 aliphatic carbocycles. The van der Waals surface area contributed by atoms with Crippen molar-refractivity contribution < 1.29 is 17.9 Å². The van der Waals surface area contributed by atoms with Crippen molar-refractivity contribution in [1.82, 2.24) is 0 Å². The van der Waals surface area contributed by atoms with Crippen LogP contribution in [0.1, 0.15) is 21.5 Å². The molecule has 0 aliphatic heterocycles. The first-order valence-corrected chi connectivity index (χ1v) is 10.9. The molecule has 156 valence electrons. The van der Waals surface area contributed by atoms with E-state index in [1.807, 2.05) is 6.92 Å². The number of amides is 1. The quantitative estimate of drug-likeness (QED) is 0.559. The topological polar surface area (TPSA) is 84.5 Å². The Kier molecular flexibility index (Phi) is 6.34. The van der Waals surface area contributed by atoms with Crippen molar-refractivity contribution >= 4 is 38.9 Å². The summed E-state index contributed by atoms with van der Waals surface area (Å²) in [5.41, 5.74) is 2.63. The first-order chi connectivity index (χ1) is 14.2. The largest absolute Gasteiger partial charge is 0.495 e. The van der Waals surface area contributed by atoms with Gasteiger partial charge in [-0.25, -0.2) is 8.42 Å². The zero-order valence-corrected chi connectivity index (χ0v) is 18.3. The van der Waals surface area contributed by atoms with Crippen LogP contribution in [0.2, 0.25) is 5.02 Å². The summed E-state index contributed by atoms with van der Waals surface area (Å²) in [6, 6.07) is 16.3. The van der Waals surface area contributed by atoms with E-state index in [0.717, 1.165) is 5.56 Å². The maximum Gasteiger partial charge on any atom is 0.261 e. The molecule has 0 radical (unpaired) electrons. The first-order valence-electron chi connectivity index (χ1n) is 9.05. The second-order valence-corrected chi connectivity index (χ2v) is 8.79. The van der Waals surface area contributed by atoms with Gasteiger partial charge >= 0.3 is 0 Å². The van der Waals surface area contributed by atoms with E-state index in [0.29, 0.717) is 33.3 Å². The Bertz CT molecular complexity index is 1190. The summed E-state index contributed by atoms with van der Waals surface area (Å²) in [5.74, 6) is 0.114. The lowest BCUT2D eigenvalue weighted by Gasteiger charge is -2.14. The molecule has 3 rings (SSSR count). The first kappa shape index (κ1) is 21.7. The molecule has 0 heterocycles. The van der Waals surface area contributed by atoms with Crippen LogP contribution in [0.3, 0.4) is 0 Å². The van der Waals surface area contributed by atoms with Gasteiger partial charge in [-0.2, -0.15) is 0 Å². The minimum Gasteiger partial charge on any atom is -0.495 e. The molecule has 0 fully saturated rings. The van der Waals surface area contributed by atoms with Crippen LogP contribution in [0, 0.1) is 13.8 Å². The number of halogens is 1. The summed E-state index contributed by atoms with van der Waals surface area (Å²) in [6.07, 6.45) is 0. The van der Waals surface area contributed by atoms with E-state index >= 15 is 0 Å². The van der Waals surface area contributed by atoms with Gasteiger partial charge in [-0.3, -0.25) is 9.52 Å². The highest BCUT2D eigenvalue weighted by Gasteiger charge is 2.18. The third-order valence-corrected chi connectivity index (χ3v) is 6.24. The third-order valence-electron chi connectivity index (χ3n) is 4.56. The number of hydrogen-bond acceptors (Lipinski definition) is 4. The number of hydrogen-bond donors (Lipinski definition) is 2. The number of sulfonamides is 1. The monoisotopic (exact) mass is 444 g/mol. The lowest BCUT2D eigenvalue weighted by molar-refractivity contribution is 0.102. The van der Waals surface area contributed by atoms with Crippen LogP contribution in [-0.4, -0.2) is 21.4 Å². The van der Waals surface area contributed by atoms with Gasteiger partial charge in [0.1, 0.15) is 5.75 Å². The Morgan fingerprint density at radius 1 is 1.00 bits per heavy atom. The lowest BCUT2D eigenvalue weighted by atomic mass is 10.1. The van der Waals surface area contributed by atoms with E-state index in [1.54, 1.807) is 55.5 Å². The van der Waals surface area contributed by atoms with Crippen molar-refractivity contribution in [2.24, 2.45) is 0 Å². The molecule has 0 aliphatic rings. The molecule has 1 amide bonds. The lowest BCUT2D eigenvalue weighted by Crippen LogP contribution is -2.17. The number of carbonyl (C=O) groups is 1. The number of rotatable bonds is 6. The van der Waals surface area contributed by atoms with Crippen LogP contribution in [0.15, 0.2) is 65.6 Å². The molecular formula is C22H21ClN2O4S. The van der Waals surface area contributed by atoms with Crippen molar-refractivity contribution in [1.29, 1.82) is 0 Å². The van der Waals surface area contributed by atoms with E-state index in [-0.39, 0.29) is 10.8 Å². The van der Waals surface area contributed by atoms with E-state index in [9.17, 15) is 13.2 Å². The minimum atomic E-state index is -3.78. The van der Waals surface area contributed by atoms with Gasteiger partial charge in [-0.15, -0.1) is 0 Å². The van der Waals surface area contributed by atoms with Crippen LogP contribution in [0.25, 0.3) is 0 Å². The number of anilines is 2. The molecule has 3 aromatic carbocycles. The van der Waals surface area contributed by atoms with E-state index in [4.69, 9.17) is 16.3 Å². The number of benzene rings is 3. The minimum absolute atomic E-state index is 0.148. The average Bonchev–Trinajstić information content (AvgIpc) is 2.70. The van der Waals surface area contributed by atoms with Crippen molar-refractivity contribution in [2.45, 2.75) is 18.7 Å². The predicted molar refractivity (Wildman–Crippen MR) is 119 cm³/mol. The van der Waals surface area contributed by atoms with Crippen molar-refractivity contribution in [3.8, 4) is 5.75 Å². The highest BCUT2D eigenvalue weighted by Crippen LogP contribution is 2.28. The molecule has 2 N–H and O–H groups in total. The summed E-state index contributed by atoms with van der Waals surface area (Å²) >= 11 is 6.10. The summed E-state index contributed by atoms with van der Waals surface area (Å²) < 4.78 is 33.1. The van der Waals surface area contributed by atoms with Crippen LogP contribution >= 0.6 is 11.6 Å². The Morgan fingerprint density at radius 3 is 2.33 bits per heavy atom. The molecule has 0 bridgehead atoms. The number of carbonyl (C=O) groups excluding carboxylic acids is 1. The molecule has 0 saturated carbocycles. The van der Waals surface area contributed by atoms with Gasteiger partial charge in [-0.1, -0.05) is 35.4 Å². The smallest absolute Gasteiger partial charge is 0.261 e. The number of methoxy groups -OCH3 is 1. The van der Waals surface area contributed by atoms with Gasteiger partial charge in [0.2, 0.25) is 0 Å². The highest BCUT2D eigenvalue weighted by atomic mass is 35.5. The average molecular weight is 445 g/mol. The van der Waals surface area contributed by atoms with Gasteiger partial charge < -0.3 is 10.1 Å². The molecule has 30 heavy (non-hydrogen) atoms. The van der Waals surface area contributed by atoms with E-state index in [1.165, 1.54) is 19.2 Å². The zero-order chi connectivity index (χ0) is 21.9. The fourth-order valence-corrected chi connectivity index (χ4v) is 4.24. The van der Waals surface area contributed by atoms with E-state index in [2.05, 4.69) is 10.0 Å². The predicted octanol–water partition coefficient (Wildman–Crippen LogP) is 5.02. The summed E-state index contributed by atoms with van der Waals surface area (Å²) in [6.45, 7) is 3.56. The molecule has 0 aromatic heterocycles. The molecule has 6 nitrogen and oxygen atoms in total. The van der Waals surface area contributed by atoms with Gasteiger partial charge in [-0.05, 0) is 61.9 Å². The highest BCUT2D eigenvalue weighted by molar-refractivity contribution is 7.92. The molecule has 3 aromatic rings. The summed E-state index contributed by atoms with van der Waals surface area (Å²) in [4.78, 5) is 12.9. The second-order valence-electron chi connectivity index (χ2n) is 6.70. The number of nitrogens with one attached hydrogen (secondary N) is 2. The molecule has 8 heteroatoms. The Balaban J connectivity index is 1.84. The standard InChI is InChI=1S/C22H21ClN2O4S/c1-14-7-10-17(11-8-14)30(27,28)25-20-6-4-5-18(15(20)2)22(26)24-16-9-12-21(29-3)19(23)13-16/h4-13,25H,1-3H3,(H,24,26). The number of ether oxygens (including phenoxy) is 1. The Hall–Kier alpha value is -3.03. The van der Waals surface area contributed by atoms with Crippen molar-refractivity contribution in [2.75, 3.05) is 17.1 Å². The molecular weight excluding hydrogens is 424 g/mol. The molecule has 0 saturated heterocycles. The number of aryl methyl sites for hydroxylation is 1. The molecule has 0 spiro atoms. The van der Waals surface area contributed by atoms with E-state index < -0.39 is 10.0 Å². The van der Waals surface area contributed by atoms with Gasteiger partial charge in [0, 0.05) is 11.3 Å². The second kappa shape index (κ2) is 8.77. The van der Waals surface area contributed by atoms with Crippen LogP contribution in [0.4, 0.5) is 11.4 Å². The maximum absolute atomic E-state index is 12.8. The third kappa shape index (κ3) is 4.75. The summed E-state index contributed by atoms with van der Waals surface area (Å²) in [7, 11) is -2.27. The van der Waals surface area contributed by atoms with Crippen LogP contribution in [-0.2, 0) is 10.0 Å². The van der Waals surface area contributed by atoms with Gasteiger partial charge in [0.05, 0.1) is 22.7 Å². The molecule has 0 atom stereocenters. The summed E-state index contributed by atoms with van der Waals surface area (Å²) in [5, 5.41) is 3.13. The Morgan fingerprint density at radius 2 is 1.70 bits per heavy atom. The maximum atomic E-state index is 12.8. The fourth-order valence-electron chi connectivity index (χ4n) is 2.86. The fraction of sp³-hybridized carbons (Fsp3) is 0.136. The zero-order valence-electron chi connectivity index (χ0n) is 16.7. The van der Waals surface area contributed by atoms with Crippen LogP contribution in [0.5, 0.6) is 5.75 Å². The normalized spacial score (nSPS) is 11.1. The SMILES string of the molecule is COc1ccc(NC(=O)c2cccc(NS(=O)(=O)c3ccc(C)cc3)c2C)cc1Cl.